The van der Waals surface area contributed by atoms with Crippen LogP contribution in [0.1, 0.15) is 11.1 Å². The minimum Gasteiger partial charge on any atom is -0.361 e. The van der Waals surface area contributed by atoms with Gasteiger partial charge in [-0.05, 0) is 42.3 Å². The first-order valence-electron chi connectivity index (χ1n) is 7.91. The maximum absolute atomic E-state index is 12.5. The maximum atomic E-state index is 12.5. The number of rotatable bonds is 3. The second-order valence-electron chi connectivity index (χ2n) is 5.91. The molecular weight excluding hydrogens is 298 g/mol. The third-order valence-corrected chi connectivity index (χ3v) is 4.27. The van der Waals surface area contributed by atoms with E-state index in [1.54, 1.807) is 6.20 Å². The number of carbonyl (C=O) groups excluding carboxylic acids is 1. The number of anilines is 1. The monoisotopic (exact) mass is 315 g/mol. The quantitative estimate of drug-likeness (QED) is 0.595. The molecule has 1 amide bonds. The molecule has 2 N–H and O–H groups in total. The van der Waals surface area contributed by atoms with Gasteiger partial charge in [-0.25, -0.2) is 0 Å². The number of nitrogens with one attached hydrogen (secondary N) is 2. The summed E-state index contributed by atoms with van der Waals surface area (Å²) in [6.07, 6.45) is 4.01. The molecule has 0 saturated heterocycles. The van der Waals surface area contributed by atoms with Crippen molar-refractivity contribution in [3.63, 3.8) is 0 Å². The van der Waals surface area contributed by atoms with Gasteiger partial charge < -0.3 is 10.3 Å². The molecule has 4 rings (SSSR count). The van der Waals surface area contributed by atoms with Crippen LogP contribution in [-0.2, 0) is 11.2 Å². The van der Waals surface area contributed by atoms with Gasteiger partial charge in [-0.1, -0.05) is 24.3 Å². The smallest absolute Gasteiger partial charge is 0.228 e. The van der Waals surface area contributed by atoms with Gasteiger partial charge in [0.25, 0.3) is 0 Å². The van der Waals surface area contributed by atoms with Gasteiger partial charge in [0.05, 0.1) is 17.6 Å². The number of nitrogens with zero attached hydrogens (tertiary/aromatic N) is 1. The molecule has 4 nitrogen and oxygen atoms in total. The van der Waals surface area contributed by atoms with Gasteiger partial charge in [0.1, 0.15) is 0 Å². The Balaban J connectivity index is 1.62. The first kappa shape index (κ1) is 14.5. The van der Waals surface area contributed by atoms with Crippen molar-refractivity contribution in [2.24, 2.45) is 0 Å². The summed E-state index contributed by atoms with van der Waals surface area (Å²) >= 11 is 0. The highest BCUT2D eigenvalue weighted by Crippen LogP contribution is 2.25. The normalized spacial score (nSPS) is 11.0. The van der Waals surface area contributed by atoms with E-state index in [1.807, 2.05) is 61.7 Å². The second kappa shape index (κ2) is 5.81. The summed E-state index contributed by atoms with van der Waals surface area (Å²) in [6, 6.07) is 15.8. The molecule has 0 aliphatic rings. The number of aromatic amines is 1. The molecule has 0 fully saturated rings. The van der Waals surface area contributed by atoms with E-state index in [9.17, 15) is 4.79 Å². The molecule has 0 unspecified atom stereocenters. The van der Waals surface area contributed by atoms with Crippen molar-refractivity contribution >= 4 is 33.4 Å². The minimum atomic E-state index is -0.0336. The summed E-state index contributed by atoms with van der Waals surface area (Å²) in [6.45, 7) is 2.02. The zero-order valence-corrected chi connectivity index (χ0v) is 13.3. The van der Waals surface area contributed by atoms with Gasteiger partial charge in [0, 0.05) is 28.7 Å². The van der Waals surface area contributed by atoms with Gasteiger partial charge in [0.15, 0.2) is 0 Å². The molecular formula is C20H17N3O. The number of aryl methyl sites for hydroxylation is 1. The fraction of sp³-hybridized carbons (Fsp3) is 0.100. The number of hydrogen-bond donors (Lipinski definition) is 2. The summed E-state index contributed by atoms with van der Waals surface area (Å²) in [4.78, 5) is 20.1. The summed E-state index contributed by atoms with van der Waals surface area (Å²) in [5.74, 6) is -0.0336. The van der Waals surface area contributed by atoms with Crippen molar-refractivity contribution in [1.82, 2.24) is 9.97 Å². The van der Waals surface area contributed by atoms with Gasteiger partial charge >= 0.3 is 0 Å². The lowest BCUT2D eigenvalue weighted by Gasteiger charge is -2.10. The number of para-hydroxylation sites is 1. The van der Waals surface area contributed by atoms with Crippen molar-refractivity contribution in [3.05, 3.63) is 72.1 Å². The Labute approximate surface area is 139 Å². The van der Waals surface area contributed by atoms with Crippen molar-refractivity contribution in [3.8, 4) is 0 Å². The zero-order valence-electron chi connectivity index (χ0n) is 13.3. The largest absolute Gasteiger partial charge is 0.361 e. The van der Waals surface area contributed by atoms with E-state index in [2.05, 4.69) is 15.3 Å². The van der Waals surface area contributed by atoms with Gasteiger partial charge in [-0.15, -0.1) is 0 Å². The third kappa shape index (κ3) is 2.52. The van der Waals surface area contributed by atoms with E-state index in [4.69, 9.17) is 0 Å². The lowest BCUT2D eigenvalue weighted by molar-refractivity contribution is -0.115. The SMILES string of the molecule is Cc1ccc(NC(=O)Cc2c[nH]c3ccccc23)c2cccnc12. The molecule has 0 spiro atoms. The number of H-pyrrole nitrogens is 1. The Hall–Kier alpha value is -3.14. The molecule has 0 saturated carbocycles. The molecule has 2 aromatic carbocycles. The second-order valence-corrected chi connectivity index (χ2v) is 5.91. The van der Waals surface area contributed by atoms with Crippen LogP contribution in [0, 0.1) is 6.92 Å². The Bertz CT molecular complexity index is 1050. The van der Waals surface area contributed by atoms with Crippen LogP contribution in [0.15, 0.2) is 60.9 Å². The van der Waals surface area contributed by atoms with Crippen LogP contribution in [0.25, 0.3) is 21.8 Å². The molecule has 4 aromatic rings. The van der Waals surface area contributed by atoms with E-state index in [0.29, 0.717) is 6.42 Å². The summed E-state index contributed by atoms with van der Waals surface area (Å²) < 4.78 is 0. The van der Waals surface area contributed by atoms with E-state index in [0.717, 1.165) is 38.6 Å². The predicted octanol–water partition coefficient (Wildman–Crippen LogP) is 4.21. The van der Waals surface area contributed by atoms with Crippen molar-refractivity contribution in [1.29, 1.82) is 0 Å². The number of pyridine rings is 1. The van der Waals surface area contributed by atoms with Crippen LogP contribution in [0.3, 0.4) is 0 Å². The van der Waals surface area contributed by atoms with Crippen LogP contribution in [-0.4, -0.2) is 15.9 Å². The van der Waals surface area contributed by atoms with Crippen LogP contribution >= 0.6 is 0 Å². The van der Waals surface area contributed by atoms with E-state index >= 15 is 0 Å². The molecule has 2 aromatic heterocycles. The van der Waals surface area contributed by atoms with Crippen LogP contribution in [0.4, 0.5) is 5.69 Å². The molecule has 0 atom stereocenters. The Morgan fingerprint density at radius 3 is 2.83 bits per heavy atom. The van der Waals surface area contributed by atoms with Crippen molar-refractivity contribution < 1.29 is 4.79 Å². The molecule has 118 valence electrons. The van der Waals surface area contributed by atoms with E-state index in [1.165, 1.54) is 0 Å². The molecule has 24 heavy (non-hydrogen) atoms. The van der Waals surface area contributed by atoms with Crippen LogP contribution < -0.4 is 5.32 Å². The van der Waals surface area contributed by atoms with Crippen molar-refractivity contribution in [2.75, 3.05) is 5.32 Å². The Kier molecular flexibility index (Phi) is 3.50. The summed E-state index contributed by atoms with van der Waals surface area (Å²) in [5.41, 5.74) is 4.86. The van der Waals surface area contributed by atoms with E-state index < -0.39 is 0 Å². The molecule has 0 aliphatic heterocycles. The van der Waals surface area contributed by atoms with Gasteiger partial charge in [-0.2, -0.15) is 0 Å². The lowest BCUT2D eigenvalue weighted by atomic mass is 10.1. The third-order valence-electron chi connectivity index (χ3n) is 4.27. The topological polar surface area (TPSA) is 57.8 Å². The minimum absolute atomic E-state index is 0.0336. The maximum Gasteiger partial charge on any atom is 0.228 e. The number of hydrogen-bond acceptors (Lipinski definition) is 2. The first-order valence-corrected chi connectivity index (χ1v) is 7.91. The van der Waals surface area contributed by atoms with E-state index in [-0.39, 0.29) is 5.91 Å². The van der Waals surface area contributed by atoms with Crippen molar-refractivity contribution in [2.45, 2.75) is 13.3 Å². The lowest BCUT2D eigenvalue weighted by Crippen LogP contribution is -2.14. The fourth-order valence-electron chi connectivity index (χ4n) is 3.07. The number of aromatic nitrogens is 2. The number of fused-ring (bicyclic) bond motifs is 2. The summed E-state index contributed by atoms with van der Waals surface area (Å²) in [7, 11) is 0. The predicted molar refractivity (Wildman–Crippen MR) is 97.1 cm³/mol. The highest BCUT2D eigenvalue weighted by atomic mass is 16.1. The summed E-state index contributed by atoms with van der Waals surface area (Å²) in [5, 5.41) is 5.07. The van der Waals surface area contributed by atoms with Crippen LogP contribution in [0.5, 0.6) is 0 Å². The number of carbonyl (C=O) groups is 1. The average molecular weight is 315 g/mol. The average Bonchev–Trinajstić information content (AvgIpc) is 3.01. The Morgan fingerprint density at radius 1 is 1.08 bits per heavy atom. The molecule has 0 aliphatic carbocycles. The number of amides is 1. The highest BCUT2D eigenvalue weighted by Gasteiger charge is 2.11. The first-order chi connectivity index (χ1) is 11.7. The highest BCUT2D eigenvalue weighted by molar-refractivity contribution is 6.03. The standard InChI is InChI=1S/C20H17N3O/c1-13-8-9-18(16-6-4-10-21-20(13)16)23-19(24)11-14-12-22-17-7-3-2-5-15(14)17/h2-10,12,22H,11H2,1H3,(H,23,24). The molecule has 0 bridgehead atoms. The molecule has 2 heterocycles. The van der Waals surface area contributed by atoms with Gasteiger partial charge in [-0.3, -0.25) is 9.78 Å². The zero-order chi connectivity index (χ0) is 16.5. The van der Waals surface area contributed by atoms with Crippen LogP contribution in [0.2, 0.25) is 0 Å². The fourth-order valence-corrected chi connectivity index (χ4v) is 3.07. The Morgan fingerprint density at radius 2 is 1.92 bits per heavy atom. The van der Waals surface area contributed by atoms with Gasteiger partial charge in [0.2, 0.25) is 5.91 Å². The molecule has 0 radical (unpaired) electrons. The number of benzene rings is 2. The molecule has 4 heteroatoms.